The average molecular weight is 329 g/mol. The summed E-state index contributed by atoms with van der Waals surface area (Å²) in [6.45, 7) is 0. The van der Waals surface area contributed by atoms with Crippen LogP contribution in [0.3, 0.4) is 0 Å². The third-order valence-electron chi connectivity index (χ3n) is 5.36. The predicted molar refractivity (Wildman–Crippen MR) is 89.1 cm³/mol. The summed E-state index contributed by atoms with van der Waals surface area (Å²) in [5.74, 6) is -0.102. The fourth-order valence-corrected chi connectivity index (χ4v) is 6.69. The molecule has 2 bridgehead atoms. The van der Waals surface area contributed by atoms with Gasteiger partial charge < -0.3 is 0 Å². The van der Waals surface area contributed by atoms with Crippen molar-refractivity contribution in [2.75, 3.05) is 0 Å². The third-order valence-corrected chi connectivity index (χ3v) is 8.08. The van der Waals surface area contributed by atoms with E-state index in [0.717, 1.165) is 17.3 Å². The maximum Gasteiger partial charge on any atom is 0.166 e. The molecule has 3 heterocycles. The van der Waals surface area contributed by atoms with Gasteiger partial charge in [0.2, 0.25) is 0 Å². The highest BCUT2D eigenvalue weighted by Crippen LogP contribution is 2.40. The molecule has 0 spiro atoms. The van der Waals surface area contributed by atoms with Crippen LogP contribution in [0.5, 0.6) is 0 Å². The van der Waals surface area contributed by atoms with Gasteiger partial charge in [-0.05, 0) is 37.8 Å². The predicted octanol–water partition coefficient (Wildman–Crippen LogP) is 3.16. The number of benzene rings is 1. The van der Waals surface area contributed by atoms with E-state index in [0.29, 0.717) is 31.2 Å². The summed E-state index contributed by atoms with van der Waals surface area (Å²) in [6, 6.07) is 9.38. The smallest absolute Gasteiger partial charge is 0.166 e. The first-order valence-corrected chi connectivity index (χ1v) is 9.79. The molecule has 0 aliphatic carbocycles. The molecule has 2 aliphatic heterocycles. The molecule has 0 radical (unpaired) electrons. The molecule has 120 valence electrons. The number of carbonyl (C=O) groups excluding carboxylic acids is 1. The Hall–Kier alpha value is -1.75. The van der Waals surface area contributed by atoms with Gasteiger partial charge in [-0.3, -0.25) is 9.78 Å². The van der Waals surface area contributed by atoms with Gasteiger partial charge in [-0.15, -0.1) is 0 Å². The zero-order valence-electron chi connectivity index (χ0n) is 12.8. The van der Waals surface area contributed by atoms with E-state index in [1.807, 2.05) is 24.3 Å². The number of ketones is 1. The number of carbonyl (C=O) groups is 1. The summed E-state index contributed by atoms with van der Waals surface area (Å²) in [5, 5.41) is 0.215. The van der Waals surface area contributed by atoms with Crippen molar-refractivity contribution in [2.24, 2.45) is 5.92 Å². The number of nitrogens with zero attached hydrogens (tertiary/aromatic N) is 1. The number of para-hydroxylation sites is 1. The van der Waals surface area contributed by atoms with Crippen molar-refractivity contribution in [3.63, 3.8) is 0 Å². The molecule has 0 amide bonds. The minimum atomic E-state index is -3.02. The molecule has 5 heteroatoms. The number of rotatable bonds is 2. The number of fused-ring (bicyclic) bond motifs is 3. The molecule has 0 saturated carbocycles. The number of aromatic nitrogens is 1. The third kappa shape index (κ3) is 2.38. The lowest BCUT2D eigenvalue weighted by Crippen LogP contribution is -2.45. The Kier molecular flexibility index (Phi) is 3.48. The first-order chi connectivity index (χ1) is 11.1. The number of hydrogen-bond donors (Lipinski definition) is 0. The largest absolute Gasteiger partial charge is 0.294 e. The Bertz CT molecular complexity index is 849. The maximum atomic E-state index is 13.0. The second kappa shape index (κ2) is 5.41. The topological polar surface area (TPSA) is 64.1 Å². The fraction of sp³-hybridized carbons (Fsp3) is 0.444. The van der Waals surface area contributed by atoms with Crippen molar-refractivity contribution in [1.82, 2.24) is 4.98 Å². The molecule has 2 saturated heterocycles. The van der Waals surface area contributed by atoms with E-state index in [2.05, 4.69) is 4.98 Å². The van der Waals surface area contributed by atoms with Crippen LogP contribution in [0.25, 0.3) is 10.9 Å². The van der Waals surface area contributed by atoms with Crippen molar-refractivity contribution in [3.05, 3.63) is 42.1 Å². The van der Waals surface area contributed by atoms with E-state index < -0.39 is 9.84 Å². The summed E-state index contributed by atoms with van der Waals surface area (Å²) in [4.78, 5) is 17.3. The van der Waals surface area contributed by atoms with Gasteiger partial charge in [0.25, 0.3) is 0 Å². The second-order valence-electron chi connectivity index (χ2n) is 6.67. The highest BCUT2D eigenvalue weighted by Gasteiger charge is 2.46. The normalized spacial score (nSPS) is 29.3. The van der Waals surface area contributed by atoms with Crippen LogP contribution >= 0.6 is 0 Å². The molecule has 2 atom stereocenters. The lowest BCUT2D eigenvalue weighted by atomic mass is 9.84. The van der Waals surface area contributed by atoms with Crippen LogP contribution in [-0.4, -0.2) is 29.7 Å². The molecular formula is C18H19NO3S. The van der Waals surface area contributed by atoms with Crippen molar-refractivity contribution < 1.29 is 13.2 Å². The van der Waals surface area contributed by atoms with Gasteiger partial charge in [0, 0.05) is 23.1 Å². The van der Waals surface area contributed by atoms with Gasteiger partial charge in [-0.1, -0.05) is 24.6 Å². The first-order valence-electron chi connectivity index (χ1n) is 8.18. The van der Waals surface area contributed by atoms with Crippen LogP contribution in [0.2, 0.25) is 0 Å². The highest BCUT2D eigenvalue weighted by atomic mass is 32.2. The molecule has 4 nitrogen and oxygen atoms in total. The summed E-state index contributed by atoms with van der Waals surface area (Å²) in [7, 11) is -3.02. The van der Waals surface area contributed by atoms with Gasteiger partial charge >= 0.3 is 0 Å². The van der Waals surface area contributed by atoms with E-state index in [-0.39, 0.29) is 22.2 Å². The molecule has 4 rings (SSSR count). The van der Waals surface area contributed by atoms with E-state index in [1.54, 1.807) is 12.3 Å². The van der Waals surface area contributed by atoms with E-state index in [1.165, 1.54) is 0 Å². The van der Waals surface area contributed by atoms with Gasteiger partial charge in [0.15, 0.2) is 15.6 Å². The maximum absolute atomic E-state index is 13.0. The van der Waals surface area contributed by atoms with Crippen LogP contribution in [0.15, 0.2) is 36.5 Å². The molecule has 1 aromatic carbocycles. The van der Waals surface area contributed by atoms with Crippen LogP contribution in [-0.2, 0) is 9.84 Å². The zero-order valence-corrected chi connectivity index (χ0v) is 13.6. The lowest BCUT2D eigenvalue weighted by molar-refractivity contribution is 0.0895. The number of pyridine rings is 1. The first kappa shape index (κ1) is 14.8. The van der Waals surface area contributed by atoms with Crippen molar-refractivity contribution >= 4 is 26.5 Å². The molecule has 23 heavy (non-hydrogen) atoms. The lowest BCUT2D eigenvalue weighted by Gasteiger charge is -2.38. The Labute approximate surface area is 135 Å². The molecular weight excluding hydrogens is 310 g/mol. The van der Waals surface area contributed by atoms with E-state index in [4.69, 9.17) is 0 Å². The number of hydrogen-bond acceptors (Lipinski definition) is 4. The fourth-order valence-electron chi connectivity index (χ4n) is 4.15. The Balaban J connectivity index is 1.70. The van der Waals surface area contributed by atoms with E-state index >= 15 is 0 Å². The minimum absolute atomic E-state index is 0.0791. The van der Waals surface area contributed by atoms with Crippen molar-refractivity contribution in [3.8, 4) is 0 Å². The Morgan fingerprint density at radius 1 is 1.04 bits per heavy atom. The summed E-state index contributed by atoms with van der Waals surface area (Å²) in [5.41, 5.74) is 1.49. The van der Waals surface area contributed by atoms with Crippen LogP contribution in [0.1, 0.15) is 42.5 Å². The molecule has 0 N–H and O–H groups in total. The van der Waals surface area contributed by atoms with Crippen LogP contribution in [0, 0.1) is 5.92 Å². The Morgan fingerprint density at radius 2 is 1.74 bits per heavy atom. The van der Waals surface area contributed by atoms with Crippen LogP contribution < -0.4 is 0 Å². The van der Waals surface area contributed by atoms with Gasteiger partial charge in [-0.25, -0.2) is 8.42 Å². The SMILES string of the molecule is O=C(c1ccnc2ccccc12)C1CC2CCCC(C1)S2(=O)=O. The van der Waals surface area contributed by atoms with Gasteiger partial charge in [0.1, 0.15) is 0 Å². The van der Waals surface area contributed by atoms with Crippen molar-refractivity contribution in [1.29, 1.82) is 0 Å². The van der Waals surface area contributed by atoms with Gasteiger partial charge in [0.05, 0.1) is 16.0 Å². The molecule has 2 fully saturated rings. The van der Waals surface area contributed by atoms with Gasteiger partial charge in [-0.2, -0.15) is 0 Å². The number of Topliss-reactive ketones (excluding diaryl/α,β-unsaturated/α-hetero) is 1. The Morgan fingerprint density at radius 3 is 2.48 bits per heavy atom. The van der Waals surface area contributed by atoms with Crippen LogP contribution in [0.4, 0.5) is 0 Å². The minimum Gasteiger partial charge on any atom is -0.294 e. The standard InChI is InChI=1S/C18H19NO3S/c20-18(16-8-9-19-17-7-2-1-6-15(16)17)12-10-13-4-3-5-14(11-12)23(13,21)22/h1-2,6-9,12-14H,3-5,10-11H2. The van der Waals surface area contributed by atoms with Crippen molar-refractivity contribution in [2.45, 2.75) is 42.6 Å². The molecule has 1 aromatic heterocycles. The summed E-state index contributed by atoms with van der Waals surface area (Å²) in [6.07, 6.45) is 5.01. The number of sulfone groups is 1. The summed E-state index contributed by atoms with van der Waals surface area (Å²) >= 11 is 0. The molecule has 2 aromatic rings. The monoisotopic (exact) mass is 329 g/mol. The average Bonchev–Trinajstić information content (AvgIpc) is 2.52. The molecule has 2 unspecified atom stereocenters. The highest BCUT2D eigenvalue weighted by molar-refractivity contribution is 7.92. The van der Waals surface area contributed by atoms with E-state index in [9.17, 15) is 13.2 Å². The summed E-state index contributed by atoms with van der Waals surface area (Å²) < 4.78 is 24.8. The quantitative estimate of drug-likeness (QED) is 0.794. The second-order valence-corrected chi connectivity index (χ2v) is 9.18. The molecule has 2 aliphatic rings. The zero-order chi connectivity index (χ0) is 16.0.